The largest absolute Gasteiger partial charge is 0.497 e. The quantitative estimate of drug-likeness (QED) is 0.527. The van der Waals surface area contributed by atoms with Gasteiger partial charge in [-0.2, -0.15) is 0 Å². The number of carbonyl (C=O) groups is 2. The van der Waals surface area contributed by atoms with Crippen LogP contribution < -0.4 is 19.5 Å². The lowest BCUT2D eigenvalue weighted by Gasteiger charge is -2.17. The van der Waals surface area contributed by atoms with Gasteiger partial charge in [0.05, 0.1) is 33.4 Å². The highest BCUT2D eigenvalue weighted by molar-refractivity contribution is 6.36. The van der Waals surface area contributed by atoms with E-state index < -0.39 is 5.91 Å². The van der Waals surface area contributed by atoms with Crippen LogP contribution in [0.25, 0.3) is 5.57 Å². The molecular weight excluding hydrogens is 420 g/mol. The standard InChI is InChI=1S/C26H24N2O5/c1-31-20-12-10-19(11-13-20)27-24-23(18-7-5-4-6-8-18)25(29)28(26(24)30)16-17-9-14-21(32-2)22(15-17)33-3/h4-15,27H,16H2,1-3H3. The summed E-state index contributed by atoms with van der Waals surface area (Å²) in [6, 6.07) is 21.6. The van der Waals surface area contributed by atoms with E-state index in [2.05, 4.69) is 5.32 Å². The first-order valence-corrected chi connectivity index (χ1v) is 10.3. The molecule has 1 aliphatic rings. The van der Waals surface area contributed by atoms with Crippen LogP contribution >= 0.6 is 0 Å². The second-order valence-electron chi connectivity index (χ2n) is 7.36. The van der Waals surface area contributed by atoms with Gasteiger partial charge in [-0.15, -0.1) is 0 Å². The molecule has 3 aromatic rings. The first kappa shape index (κ1) is 22.0. The molecule has 2 amide bonds. The molecule has 0 bridgehead atoms. The van der Waals surface area contributed by atoms with E-state index in [4.69, 9.17) is 14.2 Å². The number of hydrogen-bond donors (Lipinski definition) is 1. The number of nitrogens with one attached hydrogen (secondary N) is 1. The number of imide groups is 1. The van der Waals surface area contributed by atoms with Gasteiger partial charge in [0.15, 0.2) is 11.5 Å². The van der Waals surface area contributed by atoms with E-state index in [-0.39, 0.29) is 18.1 Å². The summed E-state index contributed by atoms with van der Waals surface area (Å²) in [4.78, 5) is 28.1. The predicted octanol–water partition coefficient (Wildman–Crippen LogP) is 4.10. The van der Waals surface area contributed by atoms with Crippen molar-refractivity contribution in [3.8, 4) is 17.2 Å². The Bertz CT molecular complexity index is 1200. The van der Waals surface area contributed by atoms with Gasteiger partial charge in [0.1, 0.15) is 11.4 Å². The molecule has 168 valence electrons. The minimum atomic E-state index is -0.399. The molecule has 0 aromatic heterocycles. The van der Waals surface area contributed by atoms with E-state index in [1.54, 1.807) is 63.8 Å². The average Bonchev–Trinajstić information content (AvgIpc) is 3.09. The molecule has 0 saturated heterocycles. The van der Waals surface area contributed by atoms with Gasteiger partial charge in [-0.1, -0.05) is 36.4 Å². The molecule has 0 spiro atoms. The smallest absolute Gasteiger partial charge is 0.278 e. The topological polar surface area (TPSA) is 77.1 Å². The second kappa shape index (κ2) is 9.48. The third-order valence-corrected chi connectivity index (χ3v) is 5.38. The number of hydrogen-bond acceptors (Lipinski definition) is 6. The fourth-order valence-corrected chi connectivity index (χ4v) is 3.69. The molecule has 4 rings (SSSR count). The van der Waals surface area contributed by atoms with Crippen molar-refractivity contribution in [3.63, 3.8) is 0 Å². The maximum atomic E-state index is 13.4. The third kappa shape index (κ3) is 4.39. The van der Waals surface area contributed by atoms with Gasteiger partial charge in [0.2, 0.25) is 0 Å². The molecule has 0 unspecified atom stereocenters. The summed E-state index contributed by atoms with van der Waals surface area (Å²) >= 11 is 0. The van der Waals surface area contributed by atoms with Crippen molar-refractivity contribution < 1.29 is 23.8 Å². The summed E-state index contributed by atoms with van der Waals surface area (Å²) in [5.41, 5.74) is 2.65. The van der Waals surface area contributed by atoms with Crippen LogP contribution in [0.2, 0.25) is 0 Å². The summed E-state index contributed by atoms with van der Waals surface area (Å²) in [6.45, 7) is 0.0994. The lowest BCUT2D eigenvalue weighted by Crippen LogP contribution is -2.32. The minimum Gasteiger partial charge on any atom is -0.497 e. The van der Waals surface area contributed by atoms with Crippen molar-refractivity contribution in [2.75, 3.05) is 26.6 Å². The SMILES string of the molecule is COc1ccc(NC2=C(c3ccccc3)C(=O)N(Cc3ccc(OC)c(OC)c3)C2=O)cc1. The Morgan fingerprint density at radius 2 is 1.45 bits per heavy atom. The number of nitrogens with zero attached hydrogens (tertiary/aromatic N) is 1. The summed E-state index contributed by atoms with van der Waals surface area (Å²) in [6.07, 6.45) is 0. The normalized spacial score (nSPS) is 13.4. The Balaban J connectivity index is 1.68. The molecule has 33 heavy (non-hydrogen) atoms. The van der Waals surface area contributed by atoms with Gasteiger partial charge in [-0.25, -0.2) is 0 Å². The highest BCUT2D eigenvalue weighted by Gasteiger charge is 2.39. The number of amides is 2. The monoisotopic (exact) mass is 444 g/mol. The van der Waals surface area contributed by atoms with Gasteiger partial charge >= 0.3 is 0 Å². The Kier molecular flexibility index (Phi) is 6.31. The molecule has 3 aromatic carbocycles. The van der Waals surface area contributed by atoms with Crippen molar-refractivity contribution in [3.05, 3.63) is 89.6 Å². The molecular formula is C26H24N2O5. The lowest BCUT2D eigenvalue weighted by molar-refractivity contribution is -0.137. The third-order valence-electron chi connectivity index (χ3n) is 5.38. The van der Waals surface area contributed by atoms with Crippen molar-refractivity contribution in [1.82, 2.24) is 4.90 Å². The summed E-state index contributed by atoms with van der Waals surface area (Å²) in [5, 5.41) is 3.14. The maximum Gasteiger partial charge on any atom is 0.278 e. The average molecular weight is 444 g/mol. The van der Waals surface area contributed by atoms with Crippen LogP contribution in [0.15, 0.2) is 78.5 Å². The van der Waals surface area contributed by atoms with Crippen molar-refractivity contribution in [1.29, 1.82) is 0 Å². The van der Waals surface area contributed by atoms with Gasteiger partial charge in [0, 0.05) is 5.69 Å². The summed E-state index contributed by atoms with van der Waals surface area (Å²) in [7, 11) is 4.68. The molecule has 0 fully saturated rings. The highest BCUT2D eigenvalue weighted by Crippen LogP contribution is 2.33. The van der Waals surface area contributed by atoms with Crippen LogP contribution in [0.3, 0.4) is 0 Å². The first-order chi connectivity index (χ1) is 16.0. The molecule has 1 N–H and O–H groups in total. The Labute approximate surface area is 192 Å². The van der Waals surface area contributed by atoms with Gasteiger partial charge in [-0.05, 0) is 47.5 Å². The highest BCUT2D eigenvalue weighted by atomic mass is 16.5. The fraction of sp³-hybridized carbons (Fsp3) is 0.154. The molecule has 1 heterocycles. The van der Waals surface area contributed by atoms with Crippen molar-refractivity contribution in [2.24, 2.45) is 0 Å². The van der Waals surface area contributed by atoms with Gasteiger partial charge in [0.25, 0.3) is 11.8 Å². The van der Waals surface area contributed by atoms with Gasteiger partial charge in [-0.3, -0.25) is 14.5 Å². The number of rotatable bonds is 8. The molecule has 0 aliphatic carbocycles. The Morgan fingerprint density at radius 3 is 2.09 bits per heavy atom. The van der Waals surface area contributed by atoms with Crippen LogP contribution in [0.5, 0.6) is 17.2 Å². The van der Waals surface area contributed by atoms with Crippen LogP contribution in [-0.4, -0.2) is 38.0 Å². The van der Waals surface area contributed by atoms with Crippen LogP contribution in [0.1, 0.15) is 11.1 Å². The first-order valence-electron chi connectivity index (χ1n) is 10.3. The minimum absolute atomic E-state index is 0.0994. The van der Waals surface area contributed by atoms with Gasteiger partial charge < -0.3 is 19.5 Å². The van der Waals surface area contributed by atoms with Crippen LogP contribution in [-0.2, 0) is 16.1 Å². The molecule has 0 atom stereocenters. The number of ether oxygens (including phenoxy) is 3. The van der Waals surface area contributed by atoms with Crippen molar-refractivity contribution >= 4 is 23.1 Å². The number of carbonyl (C=O) groups excluding carboxylic acids is 2. The zero-order valence-electron chi connectivity index (χ0n) is 18.6. The van der Waals surface area contributed by atoms with Crippen LogP contribution in [0.4, 0.5) is 5.69 Å². The zero-order chi connectivity index (χ0) is 23.4. The van der Waals surface area contributed by atoms with E-state index in [0.717, 1.165) is 5.56 Å². The summed E-state index contributed by atoms with van der Waals surface area (Å²) < 4.78 is 15.8. The second-order valence-corrected chi connectivity index (χ2v) is 7.36. The van der Waals surface area contributed by atoms with Crippen LogP contribution in [0, 0.1) is 0 Å². The van der Waals surface area contributed by atoms with Crippen molar-refractivity contribution in [2.45, 2.75) is 6.54 Å². The van der Waals surface area contributed by atoms with E-state index in [0.29, 0.717) is 34.1 Å². The van der Waals surface area contributed by atoms with E-state index in [1.165, 1.54) is 4.90 Å². The van der Waals surface area contributed by atoms with E-state index in [9.17, 15) is 9.59 Å². The molecule has 0 radical (unpaired) electrons. The predicted molar refractivity (Wildman–Crippen MR) is 125 cm³/mol. The molecule has 1 aliphatic heterocycles. The lowest BCUT2D eigenvalue weighted by atomic mass is 10.0. The molecule has 0 saturated carbocycles. The molecule has 7 heteroatoms. The van der Waals surface area contributed by atoms with E-state index in [1.807, 2.05) is 30.3 Å². The van der Waals surface area contributed by atoms with E-state index >= 15 is 0 Å². The zero-order valence-corrected chi connectivity index (χ0v) is 18.6. The fourth-order valence-electron chi connectivity index (χ4n) is 3.69. The Morgan fingerprint density at radius 1 is 0.758 bits per heavy atom. The number of benzene rings is 3. The number of methoxy groups -OCH3 is 3. The summed E-state index contributed by atoms with van der Waals surface area (Å²) in [5.74, 6) is 1.04. The molecule has 7 nitrogen and oxygen atoms in total. The Hall–Kier alpha value is -4.26. The maximum absolute atomic E-state index is 13.4. The number of anilines is 1.